The minimum atomic E-state index is -1.23. The molecule has 2 N–H and O–H groups in total. The van der Waals surface area contributed by atoms with Crippen molar-refractivity contribution in [3.05, 3.63) is 0 Å². The predicted octanol–water partition coefficient (Wildman–Crippen LogP) is 0.904. The summed E-state index contributed by atoms with van der Waals surface area (Å²) in [5.41, 5.74) is -1.23. The summed E-state index contributed by atoms with van der Waals surface area (Å²) >= 11 is 0. The Kier molecular flexibility index (Phi) is 5.37. The van der Waals surface area contributed by atoms with E-state index >= 15 is 0 Å². The zero-order valence-corrected chi connectivity index (χ0v) is 9.91. The Bertz CT molecular complexity index is 305. The van der Waals surface area contributed by atoms with Crippen molar-refractivity contribution in [2.24, 2.45) is 0 Å². The Morgan fingerprint density at radius 3 is 2.50 bits per heavy atom. The van der Waals surface area contributed by atoms with Gasteiger partial charge in [0.1, 0.15) is 5.54 Å². The van der Waals surface area contributed by atoms with Crippen molar-refractivity contribution in [3.63, 3.8) is 0 Å². The van der Waals surface area contributed by atoms with Gasteiger partial charge in [0.15, 0.2) is 0 Å². The molecule has 0 radical (unpaired) electrons. The van der Waals surface area contributed by atoms with Gasteiger partial charge < -0.3 is 15.3 Å². The first-order valence-corrected chi connectivity index (χ1v) is 5.02. The largest absolute Gasteiger partial charge is 0.480 e. The minimum Gasteiger partial charge on any atom is -0.480 e. The number of carbonyl (C=O) groups excluding carboxylic acids is 1. The van der Waals surface area contributed by atoms with Crippen LogP contribution in [0.1, 0.15) is 26.7 Å². The maximum atomic E-state index is 11.6. The molecule has 0 aromatic carbocycles. The number of carbonyl (C=O) groups is 2. The number of aliphatic carboxylic acids is 1. The molecule has 0 unspecified atom stereocenters. The number of hydrogen-bond acceptors (Lipinski definition) is 2. The molecule has 5 heteroatoms. The van der Waals surface area contributed by atoms with Crippen molar-refractivity contribution >= 4 is 12.0 Å². The molecule has 5 nitrogen and oxygen atoms in total. The third-order valence-corrected chi connectivity index (χ3v) is 2.44. The summed E-state index contributed by atoms with van der Waals surface area (Å²) in [7, 11) is 1.45. The zero-order chi connectivity index (χ0) is 12.8. The third kappa shape index (κ3) is 3.81. The van der Waals surface area contributed by atoms with Gasteiger partial charge in [0, 0.05) is 20.0 Å². The molecule has 0 aliphatic heterocycles. The van der Waals surface area contributed by atoms with E-state index in [0.29, 0.717) is 19.4 Å². The van der Waals surface area contributed by atoms with Crippen molar-refractivity contribution in [1.29, 1.82) is 0 Å². The molecule has 0 aliphatic carbocycles. The first kappa shape index (κ1) is 14.3. The lowest BCUT2D eigenvalue weighted by atomic mass is 10.1. The molecule has 0 saturated carbocycles. The lowest BCUT2D eigenvalue weighted by Gasteiger charge is -2.31. The summed E-state index contributed by atoms with van der Waals surface area (Å²) in [4.78, 5) is 23.6. The van der Waals surface area contributed by atoms with E-state index < -0.39 is 17.5 Å². The third-order valence-electron chi connectivity index (χ3n) is 2.44. The van der Waals surface area contributed by atoms with Crippen LogP contribution in [0.5, 0.6) is 0 Å². The fourth-order valence-corrected chi connectivity index (χ4v) is 0.902. The molecular weight excluding hydrogens is 208 g/mol. The molecule has 0 fully saturated rings. The molecule has 0 spiro atoms. The average Bonchev–Trinajstić information content (AvgIpc) is 2.22. The van der Waals surface area contributed by atoms with Crippen LogP contribution in [-0.4, -0.2) is 41.1 Å². The predicted molar refractivity (Wildman–Crippen MR) is 60.9 cm³/mol. The molecule has 0 atom stereocenters. The highest BCUT2D eigenvalue weighted by molar-refractivity contribution is 5.85. The molecule has 0 saturated heterocycles. The van der Waals surface area contributed by atoms with Gasteiger partial charge in [-0.25, -0.2) is 9.59 Å². The topological polar surface area (TPSA) is 69.6 Å². The maximum absolute atomic E-state index is 11.6. The number of nitrogens with one attached hydrogen (secondary N) is 1. The van der Waals surface area contributed by atoms with Gasteiger partial charge >= 0.3 is 12.0 Å². The fraction of sp³-hybridized carbons (Fsp3) is 0.636. The van der Waals surface area contributed by atoms with E-state index in [1.165, 1.54) is 20.9 Å². The SMILES string of the molecule is C#CCCCNC(=O)N(C)C(C)(C)C(=O)O. The average molecular weight is 226 g/mol. The number of hydrogen-bond donors (Lipinski definition) is 2. The first-order chi connectivity index (χ1) is 7.34. The van der Waals surface area contributed by atoms with E-state index in [0.717, 1.165) is 4.90 Å². The highest BCUT2D eigenvalue weighted by Crippen LogP contribution is 2.12. The van der Waals surface area contributed by atoms with Crippen LogP contribution in [0.2, 0.25) is 0 Å². The van der Waals surface area contributed by atoms with Gasteiger partial charge in [-0.2, -0.15) is 0 Å². The van der Waals surface area contributed by atoms with Crippen LogP contribution >= 0.6 is 0 Å². The van der Waals surface area contributed by atoms with Crippen LogP contribution in [0.3, 0.4) is 0 Å². The number of terminal acetylenes is 1. The van der Waals surface area contributed by atoms with Gasteiger partial charge in [0.25, 0.3) is 0 Å². The van der Waals surface area contributed by atoms with Crippen LogP contribution in [0.15, 0.2) is 0 Å². The molecular formula is C11H18N2O3. The quantitative estimate of drug-likeness (QED) is 0.540. The number of carboxylic acid groups (broad SMARTS) is 1. The van der Waals surface area contributed by atoms with Crippen LogP contribution in [0.4, 0.5) is 4.79 Å². The molecule has 0 aliphatic rings. The number of likely N-dealkylation sites (N-methyl/N-ethyl adjacent to an activating group) is 1. The molecule has 0 rings (SSSR count). The molecule has 16 heavy (non-hydrogen) atoms. The monoisotopic (exact) mass is 226 g/mol. The Hall–Kier alpha value is -1.70. The molecule has 90 valence electrons. The lowest BCUT2D eigenvalue weighted by molar-refractivity contribution is -0.146. The molecule has 2 amide bonds. The van der Waals surface area contributed by atoms with Gasteiger partial charge in [0.2, 0.25) is 0 Å². The number of urea groups is 1. The van der Waals surface area contributed by atoms with E-state index in [1.807, 2.05) is 0 Å². The summed E-state index contributed by atoms with van der Waals surface area (Å²) in [5, 5.41) is 11.5. The number of unbranched alkanes of at least 4 members (excludes halogenated alkanes) is 1. The van der Waals surface area contributed by atoms with E-state index in [1.54, 1.807) is 0 Å². The van der Waals surface area contributed by atoms with Crippen LogP contribution in [0, 0.1) is 12.3 Å². The lowest BCUT2D eigenvalue weighted by Crippen LogP contribution is -2.54. The highest BCUT2D eigenvalue weighted by atomic mass is 16.4. The first-order valence-electron chi connectivity index (χ1n) is 5.02. The molecule has 0 bridgehead atoms. The van der Waals surface area contributed by atoms with E-state index in [9.17, 15) is 9.59 Å². The summed E-state index contributed by atoms with van der Waals surface area (Å²) in [6, 6.07) is -0.413. The number of carboxylic acids is 1. The normalized spacial score (nSPS) is 10.4. The number of rotatable bonds is 5. The van der Waals surface area contributed by atoms with Gasteiger partial charge in [0.05, 0.1) is 0 Å². The van der Waals surface area contributed by atoms with Gasteiger partial charge in [-0.05, 0) is 20.3 Å². The summed E-state index contributed by atoms with van der Waals surface area (Å²) < 4.78 is 0. The van der Waals surface area contributed by atoms with Crippen LogP contribution < -0.4 is 5.32 Å². The van der Waals surface area contributed by atoms with Crippen LogP contribution in [-0.2, 0) is 4.79 Å². The number of nitrogens with zero attached hydrogens (tertiary/aromatic N) is 1. The smallest absolute Gasteiger partial charge is 0.329 e. The van der Waals surface area contributed by atoms with E-state index in [2.05, 4.69) is 11.2 Å². The summed E-state index contributed by atoms with van der Waals surface area (Å²) in [6.45, 7) is 3.38. The second kappa shape index (κ2) is 6.01. The van der Waals surface area contributed by atoms with Crippen molar-refractivity contribution in [2.75, 3.05) is 13.6 Å². The van der Waals surface area contributed by atoms with Crippen LogP contribution in [0.25, 0.3) is 0 Å². The Labute approximate surface area is 95.8 Å². The minimum absolute atomic E-state index is 0.413. The fourth-order valence-electron chi connectivity index (χ4n) is 0.902. The van der Waals surface area contributed by atoms with Gasteiger partial charge in [-0.3, -0.25) is 0 Å². The zero-order valence-electron chi connectivity index (χ0n) is 9.91. The Balaban J connectivity index is 4.19. The second-order valence-electron chi connectivity index (χ2n) is 3.96. The van der Waals surface area contributed by atoms with Crippen molar-refractivity contribution < 1.29 is 14.7 Å². The maximum Gasteiger partial charge on any atom is 0.329 e. The van der Waals surface area contributed by atoms with Crippen molar-refractivity contribution in [3.8, 4) is 12.3 Å². The van der Waals surface area contributed by atoms with Crippen molar-refractivity contribution in [1.82, 2.24) is 10.2 Å². The number of amides is 2. The van der Waals surface area contributed by atoms with E-state index in [4.69, 9.17) is 11.5 Å². The Morgan fingerprint density at radius 1 is 1.50 bits per heavy atom. The van der Waals surface area contributed by atoms with E-state index in [-0.39, 0.29) is 0 Å². The Morgan fingerprint density at radius 2 is 2.06 bits per heavy atom. The summed E-state index contributed by atoms with van der Waals surface area (Å²) in [6.07, 6.45) is 6.34. The van der Waals surface area contributed by atoms with Crippen molar-refractivity contribution in [2.45, 2.75) is 32.2 Å². The van der Waals surface area contributed by atoms with Gasteiger partial charge in [-0.15, -0.1) is 12.3 Å². The van der Waals surface area contributed by atoms with Gasteiger partial charge in [-0.1, -0.05) is 0 Å². The molecule has 0 aromatic rings. The molecule has 0 heterocycles. The standard InChI is InChI=1S/C11H18N2O3/c1-5-6-7-8-12-10(16)13(4)11(2,3)9(14)15/h1H,6-8H2,2-4H3,(H,12,16)(H,14,15). The summed E-state index contributed by atoms with van der Waals surface area (Å²) in [5.74, 6) is 1.41. The highest BCUT2D eigenvalue weighted by Gasteiger charge is 2.34. The molecule has 0 aromatic heterocycles. The second-order valence-corrected chi connectivity index (χ2v) is 3.96.